The molecule has 0 unspecified atom stereocenters. The maximum absolute atomic E-state index is 13.1. The Morgan fingerprint density at radius 2 is 1.95 bits per heavy atom. The van der Waals surface area contributed by atoms with Gasteiger partial charge in [-0.15, -0.1) is 0 Å². The van der Waals surface area contributed by atoms with Gasteiger partial charge in [0, 0.05) is 20.6 Å². The minimum atomic E-state index is -0.615. The van der Waals surface area contributed by atoms with E-state index in [9.17, 15) is 19.1 Å². The van der Waals surface area contributed by atoms with Crippen molar-refractivity contribution in [2.45, 2.75) is 6.92 Å². The summed E-state index contributed by atoms with van der Waals surface area (Å²) in [5.74, 6) is -1.74. The number of amides is 2. The number of hydrogen-bond donors (Lipinski definition) is 1. The van der Waals surface area contributed by atoms with Crippen LogP contribution in [0.25, 0.3) is 0 Å². The Morgan fingerprint density at radius 1 is 1.32 bits per heavy atom. The van der Waals surface area contributed by atoms with Crippen LogP contribution in [-0.4, -0.2) is 53.9 Å². The largest absolute Gasteiger partial charge is 0.507 e. The fourth-order valence-corrected chi connectivity index (χ4v) is 1.48. The van der Waals surface area contributed by atoms with Crippen LogP contribution in [0.3, 0.4) is 0 Å². The quantitative estimate of drug-likeness (QED) is 0.889. The smallest absolute Gasteiger partial charge is 0.258 e. The number of phenols is 1. The molecule has 0 saturated carbocycles. The van der Waals surface area contributed by atoms with Gasteiger partial charge in [0.1, 0.15) is 11.6 Å². The van der Waals surface area contributed by atoms with Gasteiger partial charge >= 0.3 is 0 Å². The lowest BCUT2D eigenvalue weighted by Gasteiger charge is -2.22. The Kier molecular flexibility index (Phi) is 4.86. The van der Waals surface area contributed by atoms with E-state index in [-0.39, 0.29) is 30.3 Å². The van der Waals surface area contributed by atoms with Crippen LogP contribution >= 0.6 is 0 Å². The van der Waals surface area contributed by atoms with Crippen LogP contribution < -0.4 is 0 Å². The molecule has 5 nitrogen and oxygen atoms in total. The van der Waals surface area contributed by atoms with Crippen LogP contribution in [0, 0.1) is 5.82 Å². The molecule has 0 aromatic heterocycles. The van der Waals surface area contributed by atoms with Crippen molar-refractivity contribution in [1.82, 2.24) is 9.80 Å². The van der Waals surface area contributed by atoms with Crippen LogP contribution in [0.4, 0.5) is 4.39 Å². The van der Waals surface area contributed by atoms with Gasteiger partial charge in [0.15, 0.2) is 0 Å². The lowest BCUT2D eigenvalue weighted by Crippen LogP contribution is -2.40. The molecule has 0 saturated heterocycles. The number of nitrogens with zero attached hydrogens (tertiary/aromatic N) is 2. The molecule has 1 aromatic rings. The third-order valence-corrected chi connectivity index (χ3v) is 2.68. The normalized spacial score (nSPS) is 10.1. The van der Waals surface area contributed by atoms with Gasteiger partial charge in [-0.2, -0.15) is 0 Å². The summed E-state index contributed by atoms with van der Waals surface area (Å²) >= 11 is 0. The molecular formula is C13H17FN2O3. The molecule has 6 heteroatoms. The molecule has 0 spiro atoms. The Morgan fingerprint density at radius 3 is 2.47 bits per heavy atom. The number of likely N-dealkylation sites (N-methyl/N-ethyl adjacent to an activating group) is 2. The second kappa shape index (κ2) is 6.17. The Labute approximate surface area is 111 Å². The average Bonchev–Trinajstić information content (AvgIpc) is 2.37. The minimum absolute atomic E-state index is 0.113. The van der Waals surface area contributed by atoms with Gasteiger partial charge in [0.2, 0.25) is 5.91 Å². The van der Waals surface area contributed by atoms with Gasteiger partial charge in [0.05, 0.1) is 12.1 Å². The molecule has 0 bridgehead atoms. The molecule has 0 aliphatic carbocycles. The molecule has 0 atom stereocenters. The second-order valence-electron chi connectivity index (χ2n) is 4.27. The first-order valence-corrected chi connectivity index (χ1v) is 5.84. The zero-order valence-corrected chi connectivity index (χ0v) is 11.2. The maximum Gasteiger partial charge on any atom is 0.258 e. The van der Waals surface area contributed by atoms with Gasteiger partial charge in [-0.25, -0.2) is 4.39 Å². The third-order valence-electron chi connectivity index (χ3n) is 2.68. The number of carbonyl (C=O) groups excluding carboxylic acids is 2. The van der Waals surface area contributed by atoms with E-state index >= 15 is 0 Å². The number of phenolic OH excluding ortho intramolecular Hbond substituents is 1. The average molecular weight is 268 g/mol. The summed E-state index contributed by atoms with van der Waals surface area (Å²) in [6.07, 6.45) is 0. The molecule has 0 aliphatic rings. The number of rotatable bonds is 4. The summed E-state index contributed by atoms with van der Waals surface area (Å²) in [4.78, 5) is 26.3. The minimum Gasteiger partial charge on any atom is -0.507 e. The van der Waals surface area contributed by atoms with Crippen molar-refractivity contribution < 1.29 is 19.1 Å². The lowest BCUT2D eigenvalue weighted by molar-refractivity contribution is -0.129. The summed E-state index contributed by atoms with van der Waals surface area (Å²) in [7, 11) is 3.17. The summed E-state index contributed by atoms with van der Waals surface area (Å²) in [6.45, 7) is 1.88. The van der Waals surface area contributed by atoms with Crippen LogP contribution in [0.5, 0.6) is 5.75 Å². The van der Waals surface area contributed by atoms with E-state index in [1.54, 1.807) is 21.0 Å². The molecule has 19 heavy (non-hydrogen) atoms. The van der Waals surface area contributed by atoms with Crippen molar-refractivity contribution in [3.05, 3.63) is 29.6 Å². The number of hydrogen-bond acceptors (Lipinski definition) is 3. The van der Waals surface area contributed by atoms with Crippen molar-refractivity contribution in [1.29, 1.82) is 0 Å². The molecule has 1 rings (SSSR count). The van der Waals surface area contributed by atoms with E-state index in [0.717, 1.165) is 18.2 Å². The van der Waals surface area contributed by atoms with E-state index in [4.69, 9.17) is 0 Å². The van der Waals surface area contributed by atoms with Gasteiger partial charge in [-0.05, 0) is 25.1 Å². The van der Waals surface area contributed by atoms with Crippen LogP contribution in [-0.2, 0) is 4.79 Å². The Bertz CT molecular complexity index is 489. The summed E-state index contributed by atoms with van der Waals surface area (Å²) in [5.41, 5.74) is -0.145. The fraction of sp³-hybridized carbons (Fsp3) is 0.385. The second-order valence-corrected chi connectivity index (χ2v) is 4.27. The fourth-order valence-electron chi connectivity index (χ4n) is 1.48. The van der Waals surface area contributed by atoms with Crippen LogP contribution in [0.15, 0.2) is 18.2 Å². The standard InChI is InChI=1S/C13H17FN2O3/c1-4-16(8-12(18)15(2)3)13(19)10-7-9(14)5-6-11(10)17/h5-7,17H,4,8H2,1-3H3. The van der Waals surface area contributed by atoms with E-state index in [2.05, 4.69) is 0 Å². The van der Waals surface area contributed by atoms with E-state index in [1.807, 2.05) is 0 Å². The van der Waals surface area contributed by atoms with Gasteiger partial charge in [-0.3, -0.25) is 9.59 Å². The highest BCUT2D eigenvalue weighted by Gasteiger charge is 2.21. The van der Waals surface area contributed by atoms with Crippen molar-refractivity contribution >= 4 is 11.8 Å². The van der Waals surface area contributed by atoms with E-state index in [1.165, 1.54) is 9.80 Å². The zero-order valence-electron chi connectivity index (χ0n) is 11.2. The third kappa shape index (κ3) is 3.67. The van der Waals surface area contributed by atoms with E-state index in [0.29, 0.717) is 0 Å². The molecule has 104 valence electrons. The monoisotopic (exact) mass is 268 g/mol. The molecule has 0 heterocycles. The highest BCUT2D eigenvalue weighted by atomic mass is 19.1. The number of carbonyl (C=O) groups is 2. The summed E-state index contributed by atoms with van der Waals surface area (Å²) < 4.78 is 13.1. The molecular weight excluding hydrogens is 251 g/mol. The van der Waals surface area contributed by atoms with Crippen LogP contribution in [0.1, 0.15) is 17.3 Å². The molecule has 1 aromatic carbocycles. The number of halogens is 1. The van der Waals surface area contributed by atoms with Crippen molar-refractivity contribution in [3.63, 3.8) is 0 Å². The zero-order chi connectivity index (χ0) is 14.6. The summed E-state index contributed by atoms with van der Waals surface area (Å²) in [5, 5.41) is 9.58. The number of aromatic hydroxyl groups is 1. The van der Waals surface area contributed by atoms with Gasteiger partial charge in [0.25, 0.3) is 5.91 Å². The van der Waals surface area contributed by atoms with Gasteiger partial charge < -0.3 is 14.9 Å². The molecule has 0 radical (unpaired) electrons. The lowest BCUT2D eigenvalue weighted by atomic mass is 10.1. The van der Waals surface area contributed by atoms with Crippen LogP contribution in [0.2, 0.25) is 0 Å². The molecule has 0 fully saturated rings. The molecule has 2 amide bonds. The predicted molar refractivity (Wildman–Crippen MR) is 68.3 cm³/mol. The van der Waals surface area contributed by atoms with Crippen molar-refractivity contribution in [2.24, 2.45) is 0 Å². The Balaban J connectivity index is 2.95. The SMILES string of the molecule is CCN(CC(=O)N(C)C)C(=O)c1cc(F)ccc1O. The number of benzene rings is 1. The van der Waals surface area contributed by atoms with Crippen molar-refractivity contribution in [3.8, 4) is 5.75 Å². The first-order valence-electron chi connectivity index (χ1n) is 5.84. The summed E-state index contributed by atoms with van der Waals surface area (Å²) in [6, 6.07) is 3.14. The topological polar surface area (TPSA) is 60.9 Å². The molecule has 0 aliphatic heterocycles. The highest BCUT2D eigenvalue weighted by molar-refractivity contribution is 5.98. The highest BCUT2D eigenvalue weighted by Crippen LogP contribution is 2.19. The predicted octanol–water partition coefficient (Wildman–Crippen LogP) is 1.08. The van der Waals surface area contributed by atoms with Gasteiger partial charge in [-0.1, -0.05) is 0 Å². The maximum atomic E-state index is 13.1. The first kappa shape index (κ1) is 14.9. The van der Waals surface area contributed by atoms with E-state index < -0.39 is 11.7 Å². The Hall–Kier alpha value is -2.11. The first-order chi connectivity index (χ1) is 8.86. The van der Waals surface area contributed by atoms with Crippen molar-refractivity contribution in [2.75, 3.05) is 27.2 Å². The molecule has 1 N–H and O–H groups in total.